The summed E-state index contributed by atoms with van der Waals surface area (Å²) in [5, 5.41) is 0. The molecular weight excluding hydrogens is 467 g/mol. The van der Waals surface area contributed by atoms with E-state index in [2.05, 4.69) is 16.3 Å². The van der Waals surface area contributed by atoms with E-state index in [-0.39, 0.29) is 18.9 Å². The summed E-state index contributed by atoms with van der Waals surface area (Å²) in [5.41, 5.74) is -5.80. The third kappa shape index (κ3) is 6.25. The van der Waals surface area contributed by atoms with Gasteiger partial charge in [0.05, 0.1) is 12.2 Å². The van der Waals surface area contributed by atoms with Gasteiger partial charge < -0.3 is 8.86 Å². The summed E-state index contributed by atoms with van der Waals surface area (Å²) in [7, 11) is -11.1. The molecular formula is C17H22F3NO6S3. The van der Waals surface area contributed by atoms with Crippen LogP contribution in [0.1, 0.15) is 38.5 Å². The Hall–Kier alpha value is -1.02. The van der Waals surface area contributed by atoms with Gasteiger partial charge in [0, 0.05) is 10.9 Å². The fourth-order valence-corrected chi connectivity index (χ4v) is 7.67. The highest BCUT2D eigenvalue weighted by molar-refractivity contribution is 8.10. The van der Waals surface area contributed by atoms with E-state index in [0.717, 1.165) is 0 Å². The zero-order chi connectivity index (χ0) is 22.0. The minimum Gasteiger partial charge on any atom is -0.490 e. The average molecular weight is 490 g/mol. The monoisotopic (exact) mass is 489 g/mol. The molecule has 0 aromatic heterocycles. The van der Waals surface area contributed by atoms with Gasteiger partial charge in [-0.2, -0.15) is 13.2 Å². The normalized spacial score (nSPS) is 24.1. The van der Waals surface area contributed by atoms with Crippen molar-refractivity contribution in [2.24, 2.45) is 0 Å². The third-order valence-corrected chi connectivity index (χ3v) is 9.97. The van der Waals surface area contributed by atoms with Crippen LogP contribution in [0, 0.1) is 0 Å². The van der Waals surface area contributed by atoms with E-state index in [9.17, 15) is 30.0 Å². The molecule has 13 heteroatoms. The number of ether oxygens (including phenoxy) is 1. The van der Waals surface area contributed by atoms with Crippen LogP contribution in [0.4, 0.5) is 13.2 Å². The van der Waals surface area contributed by atoms with Crippen molar-refractivity contribution in [3.05, 3.63) is 28.4 Å². The Kier molecular flexibility index (Phi) is 7.27. The van der Waals surface area contributed by atoms with E-state index in [0.29, 0.717) is 29.5 Å². The number of alkyl halides is 3. The Morgan fingerprint density at radius 1 is 0.900 bits per heavy atom. The van der Waals surface area contributed by atoms with E-state index < -0.39 is 31.9 Å². The van der Waals surface area contributed by atoms with Gasteiger partial charge in [-0.3, -0.25) is 4.18 Å². The molecule has 0 N–H and O–H groups in total. The second-order valence-corrected chi connectivity index (χ2v) is 12.4. The molecule has 2 fully saturated rings. The zero-order valence-corrected chi connectivity index (χ0v) is 18.3. The first-order valence-electron chi connectivity index (χ1n) is 9.38. The van der Waals surface area contributed by atoms with Crippen molar-refractivity contribution in [2.75, 3.05) is 11.5 Å². The molecule has 1 aliphatic heterocycles. The third-order valence-electron chi connectivity index (χ3n) is 4.85. The number of nitrogens with zero attached hydrogens (tertiary/aromatic N) is 1. The first-order chi connectivity index (χ1) is 14.0. The molecule has 0 radical (unpaired) electrons. The summed E-state index contributed by atoms with van der Waals surface area (Å²) < 4.78 is 94.2. The molecule has 30 heavy (non-hydrogen) atoms. The van der Waals surface area contributed by atoms with Crippen LogP contribution in [-0.4, -0.2) is 46.1 Å². The van der Waals surface area contributed by atoms with Gasteiger partial charge >= 0.3 is 5.51 Å². The van der Waals surface area contributed by atoms with Crippen molar-refractivity contribution in [1.82, 2.24) is 0 Å². The lowest BCUT2D eigenvalue weighted by Crippen LogP contribution is -2.31. The fourth-order valence-electron chi connectivity index (χ4n) is 3.39. The number of hydrogen-bond acceptors (Lipinski definition) is 6. The number of hydrogen-bond donors (Lipinski definition) is 0. The van der Waals surface area contributed by atoms with Gasteiger partial charge in [0.15, 0.2) is 14.9 Å². The maximum Gasteiger partial charge on any atom is 0.480 e. The van der Waals surface area contributed by atoms with E-state index >= 15 is 0 Å². The van der Waals surface area contributed by atoms with Crippen molar-refractivity contribution in [3.8, 4) is 5.75 Å². The number of benzene rings is 1. The lowest BCUT2D eigenvalue weighted by Gasteiger charge is -2.31. The summed E-state index contributed by atoms with van der Waals surface area (Å²) in [4.78, 5) is 1.32. The molecule has 1 heterocycles. The van der Waals surface area contributed by atoms with Gasteiger partial charge in [-0.1, -0.05) is 0 Å². The van der Waals surface area contributed by atoms with Crippen LogP contribution in [0.5, 0.6) is 5.75 Å². The predicted octanol–water partition coefficient (Wildman–Crippen LogP) is 3.63. The molecule has 170 valence electrons. The smallest absolute Gasteiger partial charge is 0.480 e. The lowest BCUT2D eigenvalue weighted by molar-refractivity contribution is -0.0425. The summed E-state index contributed by atoms with van der Waals surface area (Å²) >= 11 is 0. The summed E-state index contributed by atoms with van der Waals surface area (Å²) in [6.45, 7) is 0. The number of sulfonamides is 1. The SMILES string of the molecule is O=S(=O)([N-]S(=O)(=O)C(F)(F)F)OC1CCC(Oc2ccc([S+]3CCCC3)cc2)CC1. The molecule has 0 atom stereocenters. The molecule has 1 saturated heterocycles. The van der Waals surface area contributed by atoms with Crippen molar-refractivity contribution in [1.29, 1.82) is 0 Å². The van der Waals surface area contributed by atoms with Gasteiger partial charge in [0.25, 0.3) is 0 Å². The lowest BCUT2D eigenvalue weighted by atomic mass is 9.95. The first kappa shape index (κ1) is 23.6. The van der Waals surface area contributed by atoms with Crippen molar-refractivity contribution >= 4 is 31.2 Å². The Morgan fingerprint density at radius 2 is 1.43 bits per heavy atom. The van der Waals surface area contributed by atoms with Crippen LogP contribution >= 0.6 is 0 Å². The molecule has 3 rings (SSSR count). The minimum absolute atomic E-state index is 0.188. The first-order valence-corrected chi connectivity index (χ1v) is 13.7. The topological polar surface area (TPSA) is 101 Å². The van der Waals surface area contributed by atoms with Gasteiger partial charge in [0.1, 0.15) is 17.3 Å². The Morgan fingerprint density at radius 3 is 1.97 bits per heavy atom. The van der Waals surface area contributed by atoms with Gasteiger partial charge in [-0.25, -0.2) is 16.8 Å². The Balaban J connectivity index is 1.47. The van der Waals surface area contributed by atoms with Crippen LogP contribution in [0.3, 0.4) is 0 Å². The van der Waals surface area contributed by atoms with Crippen LogP contribution in [0.25, 0.3) is 4.13 Å². The quantitative estimate of drug-likeness (QED) is 0.542. The molecule has 0 spiro atoms. The summed E-state index contributed by atoms with van der Waals surface area (Å²) in [5.74, 6) is 3.15. The number of rotatable bonds is 7. The van der Waals surface area contributed by atoms with Crippen molar-refractivity contribution in [3.63, 3.8) is 0 Å². The van der Waals surface area contributed by atoms with Gasteiger partial charge in [-0.05, 0) is 62.8 Å². The number of halogens is 3. The summed E-state index contributed by atoms with van der Waals surface area (Å²) in [6.07, 6.45) is 2.59. The molecule has 7 nitrogen and oxygen atoms in total. The zero-order valence-electron chi connectivity index (χ0n) is 15.9. The molecule has 0 unspecified atom stereocenters. The molecule has 1 aromatic carbocycles. The average Bonchev–Trinajstić information content (AvgIpc) is 3.16. The molecule has 1 saturated carbocycles. The largest absolute Gasteiger partial charge is 0.490 e. The van der Waals surface area contributed by atoms with Gasteiger partial charge in [0.2, 0.25) is 10.3 Å². The molecule has 2 aliphatic rings. The predicted molar refractivity (Wildman–Crippen MR) is 106 cm³/mol. The second-order valence-electron chi connectivity index (χ2n) is 7.12. The van der Waals surface area contributed by atoms with E-state index in [4.69, 9.17) is 4.74 Å². The summed E-state index contributed by atoms with van der Waals surface area (Å²) in [6, 6.07) is 7.95. The minimum atomic E-state index is -6.18. The van der Waals surface area contributed by atoms with Gasteiger partial charge in [-0.15, -0.1) is 0 Å². The highest BCUT2D eigenvalue weighted by atomic mass is 32.3. The highest BCUT2D eigenvalue weighted by Gasteiger charge is 2.41. The highest BCUT2D eigenvalue weighted by Crippen LogP contribution is 2.33. The second kappa shape index (κ2) is 9.23. The van der Waals surface area contributed by atoms with Crippen LogP contribution < -0.4 is 4.74 Å². The molecule has 0 amide bonds. The van der Waals surface area contributed by atoms with Crippen LogP contribution in [0.2, 0.25) is 0 Å². The van der Waals surface area contributed by atoms with E-state index in [1.807, 2.05) is 16.3 Å². The maximum absolute atomic E-state index is 12.3. The van der Waals surface area contributed by atoms with Crippen LogP contribution in [0.15, 0.2) is 29.2 Å². The Bertz CT molecular complexity index is 920. The van der Waals surface area contributed by atoms with Crippen molar-refractivity contribution in [2.45, 2.75) is 61.1 Å². The fraction of sp³-hybridized carbons (Fsp3) is 0.647. The molecule has 1 aromatic rings. The van der Waals surface area contributed by atoms with Crippen molar-refractivity contribution < 1.29 is 38.9 Å². The maximum atomic E-state index is 12.3. The standard InChI is InChI=1S/C17H22F3NO6S3/c18-17(19,20)29(22,23)21-30(24,25)27-15-5-3-13(4-6-15)26-14-7-9-16(10-8-14)28-11-1-2-12-28/h7-10,13,15H,1-6,11-12H2. The van der Waals surface area contributed by atoms with Crippen LogP contribution in [-0.2, 0) is 35.4 Å². The van der Waals surface area contributed by atoms with E-state index in [1.54, 1.807) is 0 Å². The molecule has 1 aliphatic carbocycles. The van der Waals surface area contributed by atoms with E-state index in [1.165, 1.54) is 29.2 Å². The molecule has 0 bridgehead atoms. The Labute approximate surface area is 177 Å².